The van der Waals surface area contributed by atoms with Gasteiger partial charge >= 0.3 is 5.97 Å². The first-order valence-electron chi connectivity index (χ1n) is 15.9. The molecular weight excluding hydrogens is 525 g/mol. The second-order valence-corrected chi connectivity index (χ2v) is 11.0. The smallest absolute Gasteiger partial charge is 0.338 e. The van der Waals surface area contributed by atoms with Crippen molar-refractivity contribution in [3.05, 3.63) is 95.3 Å². The fraction of sp³-hybridized carbons (Fsp3) is 0.459. The van der Waals surface area contributed by atoms with Gasteiger partial charge in [-0.15, -0.1) is 0 Å². The van der Waals surface area contributed by atoms with Crippen LogP contribution in [0.15, 0.2) is 77.8 Å². The van der Waals surface area contributed by atoms with Crippen LogP contribution in [0.4, 0.5) is 10.1 Å². The quantitative estimate of drug-likeness (QED) is 0.0723. The molecule has 0 N–H and O–H groups in total. The maximum atomic E-state index is 13.0. The van der Waals surface area contributed by atoms with Crippen LogP contribution in [0.2, 0.25) is 0 Å². The number of halogens is 1. The number of ether oxygens (including phenoxy) is 2. The number of rotatable bonds is 21. The van der Waals surface area contributed by atoms with Crippen molar-refractivity contribution < 1.29 is 18.7 Å². The lowest BCUT2D eigenvalue weighted by Gasteiger charge is -2.08. The first-order chi connectivity index (χ1) is 20.6. The van der Waals surface area contributed by atoms with Crippen LogP contribution in [-0.2, 0) is 11.3 Å². The third kappa shape index (κ3) is 13.9. The fourth-order valence-corrected chi connectivity index (χ4v) is 4.77. The van der Waals surface area contributed by atoms with E-state index in [1.54, 1.807) is 30.5 Å². The van der Waals surface area contributed by atoms with Crippen LogP contribution in [0.3, 0.4) is 0 Å². The second kappa shape index (κ2) is 20.4. The molecule has 0 amide bonds. The molecule has 0 saturated carbocycles. The SMILES string of the molecule is CCCCCCCCCCCCCCCCOC(=O)c1ccc(COc2ccc(C=Nc3ccc(F)cc3)cc2)cc1. The summed E-state index contributed by atoms with van der Waals surface area (Å²) in [6, 6.07) is 21.0. The highest BCUT2D eigenvalue weighted by molar-refractivity contribution is 5.89. The lowest BCUT2D eigenvalue weighted by atomic mass is 10.0. The maximum absolute atomic E-state index is 13.0. The molecule has 0 radical (unpaired) electrons. The Balaban J connectivity index is 1.22. The van der Waals surface area contributed by atoms with Gasteiger partial charge in [0.2, 0.25) is 0 Å². The molecule has 0 aliphatic carbocycles. The lowest BCUT2D eigenvalue weighted by molar-refractivity contribution is 0.0497. The Morgan fingerprint density at radius 1 is 0.690 bits per heavy atom. The van der Waals surface area contributed by atoms with Gasteiger partial charge < -0.3 is 9.47 Å². The molecular formula is C37H48FNO3. The predicted octanol–water partition coefficient (Wildman–Crippen LogP) is 10.8. The number of esters is 1. The molecule has 0 fully saturated rings. The summed E-state index contributed by atoms with van der Waals surface area (Å²) in [5.41, 5.74) is 3.15. The third-order valence-corrected chi connectivity index (χ3v) is 7.40. The van der Waals surface area contributed by atoms with E-state index in [0.717, 1.165) is 29.7 Å². The van der Waals surface area contributed by atoms with Crippen LogP contribution in [0.5, 0.6) is 5.75 Å². The Morgan fingerprint density at radius 2 is 1.24 bits per heavy atom. The normalized spacial score (nSPS) is 11.2. The van der Waals surface area contributed by atoms with E-state index in [0.29, 0.717) is 24.5 Å². The largest absolute Gasteiger partial charge is 0.489 e. The Kier molecular flexibility index (Phi) is 16.1. The van der Waals surface area contributed by atoms with Gasteiger partial charge in [0, 0.05) is 6.21 Å². The van der Waals surface area contributed by atoms with Crippen LogP contribution in [0.1, 0.15) is 118 Å². The van der Waals surface area contributed by atoms with E-state index in [9.17, 15) is 9.18 Å². The van der Waals surface area contributed by atoms with Gasteiger partial charge in [-0.1, -0.05) is 103 Å². The topological polar surface area (TPSA) is 47.9 Å². The standard InChI is InChI=1S/C37H48FNO3/c1-2-3-4-5-6-7-8-9-10-11-12-13-14-15-28-41-37(40)33-20-16-32(17-21-33)30-42-36-26-18-31(19-27-36)29-39-35-24-22-34(38)23-25-35/h16-27,29H,2-15,28,30H2,1H3. The number of unbranched alkanes of at least 4 members (excludes halogenated alkanes) is 13. The minimum absolute atomic E-state index is 0.268. The van der Waals surface area contributed by atoms with Crippen LogP contribution < -0.4 is 4.74 Å². The van der Waals surface area contributed by atoms with Gasteiger partial charge in [-0.3, -0.25) is 4.99 Å². The second-order valence-electron chi connectivity index (χ2n) is 11.0. The van der Waals surface area contributed by atoms with Gasteiger partial charge in [0.25, 0.3) is 0 Å². The van der Waals surface area contributed by atoms with Crippen LogP contribution in [0.25, 0.3) is 0 Å². The van der Waals surface area contributed by atoms with Crippen molar-refractivity contribution in [2.45, 2.75) is 103 Å². The Morgan fingerprint density at radius 3 is 1.81 bits per heavy atom. The van der Waals surface area contributed by atoms with Crippen LogP contribution in [-0.4, -0.2) is 18.8 Å². The van der Waals surface area contributed by atoms with E-state index in [4.69, 9.17) is 9.47 Å². The van der Waals surface area contributed by atoms with Crippen LogP contribution >= 0.6 is 0 Å². The zero-order valence-corrected chi connectivity index (χ0v) is 25.4. The Labute approximate surface area is 252 Å². The molecule has 3 aromatic rings. The van der Waals surface area contributed by atoms with Crippen molar-refractivity contribution in [1.82, 2.24) is 0 Å². The summed E-state index contributed by atoms with van der Waals surface area (Å²) in [4.78, 5) is 16.7. The summed E-state index contributed by atoms with van der Waals surface area (Å²) in [6.45, 7) is 3.15. The monoisotopic (exact) mass is 573 g/mol. The summed E-state index contributed by atoms with van der Waals surface area (Å²) in [5, 5.41) is 0. The van der Waals surface area contributed by atoms with Gasteiger partial charge in [0.05, 0.1) is 17.9 Å². The lowest BCUT2D eigenvalue weighted by Crippen LogP contribution is -2.06. The molecule has 3 rings (SSSR count). The number of aliphatic imine (C=N–C) groups is 1. The van der Waals surface area contributed by atoms with Gasteiger partial charge in [0.1, 0.15) is 18.2 Å². The van der Waals surface area contributed by atoms with Crippen molar-refractivity contribution in [2.75, 3.05) is 6.61 Å². The molecule has 0 saturated heterocycles. The number of carbonyl (C=O) groups is 1. The average Bonchev–Trinajstić information content (AvgIpc) is 3.02. The van der Waals surface area contributed by atoms with Crippen molar-refractivity contribution in [1.29, 1.82) is 0 Å². The fourth-order valence-electron chi connectivity index (χ4n) is 4.77. The molecule has 0 bridgehead atoms. The molecule has 5 heteroatoms. The Hall–Kier alpha value is -3.47. The molecule has 42 heavy (non-hydrogen) atoms. The summed E-state index contributed by atoms with van der Waals surface area (Å²) < 4.78 is 24.4. The maximum Gasteiger partial charge on any atom is 0.338 e. The number of benzene rings is 3. The molecule has 3 aromatic carbocycles. The third-order valence-electron chi connectivity index (χ3n) is 7.40. The average molecular weight is 574 g/mol. The van der Waals surface area contributed by atoms with E-state index >= 15 is 0 Å². The van der Waals surface area contributed by atoms with Crippen molar-refractivity contribution >= 4 is 17.9 Å². The molecule has 0 heterocycles. The first kappa shape index (κ1) is 33.0. The van der Waals surface area contributed by atoms with Crippen LogP contribution in [0, 0.1) is 5.82 Å². The first-order valence-corrected chi connectivity index (χ1v) is 15.9. The number of hydrogen-bond donors (Lipinski definition) is 0. The highest BCUT2D eigenvalue weighted by Crippen LogP contribution is 2.17. The molecule has 0 aliphatic heterocycles. The van der Waals surface area contributed by atoms with E-state index in [1.807, 2.05) is 36.4 Å². The van der Waals surface area contributed by atoms with E-state index < -0.39 is 0 Å². The summed E-state index contributed by atoms with van der Waals surface area (Å²) >= 11 is 0. The van der Waals surface area contributed by atoms with Gasteiger partial charge in [-0.05, 0) is 78.2 Å². The zero-order valence-electron chi connectivity index (χ0n) is 25.4. The Bertz CT molecular complexity index is 1160. The van der Waals surface area contributed by atoms with Gasteiger partial charge in [-0.25, -0.2) is 9.18 Å². The molecule has 0 aliphatic rings. The molecule has 0 aromatic heterocycles. The van der Waals surface area contributed by atoms with Crippen molar-refractivity contribution in [3.63, 3.8) is 0 Å². The molecule has 0 unspecified atom stereocenters. The minimum atomic E-state index is -0.277. The van der Waals surface area contributed by atoms with Gasteiger partial charge in [0.15, 0.2) is 0 Å². The molecule has 0 spiro atoms. The van der Waals surface area contributed by atoms with E-state index in [2.05, 4.69) is 11.9 Å². The summed E-state index contributed by atoms with van der Waals surface area (Å²) in [6.07, 6.45) is 20.1. The number of carbonyl (C=O) groups excluding carboxylic acids is 1. The summed E-state index contributed by atoms with van der Waals surface area (Å²) in [7, 11) is 0. The molecule has 4 nitrogen and oxygen atoms in total. The molecule has 226 valence electrons. The highest BCUT2D eigenvalue weighted by atomic mass is 19.1. The van der Waals surface area contributed by atoms with Crippen molar-refractivity contribution in [2.24, 2.45) is 4.99 Å². The van der Waals surface area contributed by atoms with E-state index in [1.165, 1.54) is 89.2 Å². The number of nitrogens with zero attached hydrogens (tertiary/aromatic N) is 1. The van der Waals surface area contributed by atoms with Crippen molar-refractivity contribution in [3.8, 4) is 5.75 Å². The molecule has 0 atom stereocenters. The summed E-state index contributed by atoms with van der Waals surface area (Å²) in [5.74, 6) is 0.195. The van der Waals surface area contributed by atoms with Gasteiger partial charge in [-0.2, -0.15) is 0 Å². The predicted molar refractivity (Wildman–Crippen MR) is 171 cm³/mol. The highest BCUT2D eigenvalue weighted by Gasteiger charge is 2.07. The minimum Gasteiger partial charge on any atom is -0.489 e. The van der Waals surface area contributed by atoms with E-state index in [-0.39, 0.29) is 11.8 Å². The number of hydrogen-bond acceptors (Lipinski definition) is 4. The zero-order chi connectivity index (χ0) is 29.7.